The Kier molecular flexibility index (Phi) is 6.79. The Morgan fingerprint density at radius 1 is 1.25 bits per heavy atom. The van der Waals surface area contributed by atoms with Gasteiger partial charge in [0.1, 0.15) is 11.6 Å². The molecule has 3 rings (SSSR count). The first-order valence-corrected chi connectivity index (χ1v) is 9.81. The number of nitrogens with one attached hydrogen (secondary N) is 1. The van der Waals surface area contributed by atoms with Crippen molar-refractivity contribution in [2.24, 2.45) is 5.92 Å². The fraction of sp³-hybridized carbons (Fsp3) is 0.250. The number of aromatic nitrogens is 3. The quantitative estimate of drug-likeness (QED) is 0.321. The summed E-state index contributed by atoms with van der Waals surface area (Å²) in [5.74, 6) is -2.00. The zero-order valence-electron chi connectivity index (χ0n) is 17.0. The Morgan fingerprint density at radius 2 is 1.97 bits per heavy atom. The highest BCUT2D eigenvalue weighted by Gasteiger charge is 2.28. The Balaban J connectivity index is 1.75. The number of carbonyl (C=O) groups is 2. The lowest BCUT2D eigenvalue weighted by molar-refractivity contribution is -0.384. The summed E-state index contributed by atoms with van der Waals surface area (Å²) in [5, 5.41) is 21.4. The van der Waals surface area contributed by atoms with Gasteiger partial charge in [0.05, 0.1) is 20.9 Å². The number of non-ortho nitro benzene ring substituents is 1. The van der Waals surface area contributed by atoms with Crippen LogP contribution in [0.3, 0.4) is 0 Å². The molecular formula is C20H18ClN5O6. The largest absolute Gasteiger partial charge is 0.441 e. The van der Waals surface area contributed by atoms with Crippen LogP contribution in [0.2, 0.25) is 5.02 Å². The van der Waals surface area contributed by atoms with Gasteiger partial charge in [-0.25, -0.2) is 4.79 Å². The summed E-state index contributed by atoms with van der Waals surface area (Å²) in [4.78, 5) is 48.0. The number of rotatable bonds is 7. The third-order valence-electron chi connectivity index (χ3n) is 4.57. The number of hydrogen-bond donors (Lipinski definition) is 1. The van der Waals surface area contributed by atoms with Gasteiger partial charge < -0.3 is 10.1 Å². The maximum atomic E-state index is 12.6. The van der Waals surface area contributed by atoms with Crippen LogP contribution in [0.1, 0.15) is 24.2 Å². The predicted octanol–water partition coefficient (Wildman–Crippen LogP) is 2.31. The second-order valence-electron chi connectivity index (χ2n) is 7.12. The van der Waals surface area contributed by atoms with E-state index in [1.54, 1.807) is 38.1 Å². The number of carbonyl (C=O) groups excluding carboxylic acids is 2. The number of esters is 1. The molecule has 0 aliphatic rings. The smallest absolute Gasteiger partial charge is 0.330 e. The fourth-order valence-corrected chi connectivity index (χ4v) is 3.04. The van der Waals surface area contributed by atoms with Gasteiger partial charge in [-0.3, -0.25) is 19.7 Å². The van der Waals surface area contributed by atoms with Crippen LogP contribution in [0, 0.1) is 16.0 Å². The molecule has 1 aromatic heterocycles. The van der Waals surface area contributed by atoms with Gasteiger partial charge >= 0.3 is 5.97 Å². The molecule has 0 spiro atoms. The lowest BCUT2D eigenvalue weighted by Gasteiger charge is -2.21. The van der Waals surface area contributed by atoms with Crippen molar-refractivity contribution in [2.45, 2.75) is 26.6 Å². The minimum absolute atomic E-state index is 0.0121. The number of hydrogen-bond acceptors (Lipinski definition) is 8. The number of fused-ring (bicyclic) bond motifs is 1. The Morgan fingerprint density at radius 3 is 2.66 bits per heavy atom. The van der Waals surface area contributed by atoms with Crippen molar-refractivity contribution in [2.75, 3.05) is 0 Å². The van der Waals surface area contributed by atoms with E-state index >= 15 is 0 Å². The lowest BCUT2D eigenvalue weighted by atomic mass is 10.0. The molecule has 0 saturated heterocycles. The minimum Gasteiger partial charge on any atom is -0.441 e. The first-order chi connectivity index (χ1) is 15.2. The second-order valence-corrected chi connectivity index (χ2v) is 7.53. The van der Waals surface area contributed by atoms with Crippen LogP contribution in [0.4, 0.5) is 5.69 Å². The minimum atomic E-state index is -1.11. The Labute approximate surface area is 186 Å². The number of nitrogens with zero attached hydrogens (tertiary/aromatic N) is 4. The summed E-state index contributed by atoms with van der Waals surface area (Å²) >= 11 is 5.99. The van der Waals surface area contributed by atoms with Gasteiger partial charge in [0.2, 0.25) is 0 Å². The van der Waals surface area contributed by atoms with Crippen molar-refractivity contribution < 1.29 is 19.2 Å². The second kappa shape index (κ2) is 9.52. The maximum Gasteiger partial charge on any atom is 0.330 e. The third-order valence-corrected chi connectivity index (χ3v) is 4.90. The zero-order chi connectivity index (χ0) is 23.4. The molecule has 0 saturated carbocycles. The lowest BCUT2D eigenvalue weighted by Crippen LogP contribution is -2.45. The molecule has 1 atom stereocenters. The highest BCUT2D eigenvalue weighted by atomic mass is 35.5. The molecule has 1 heterocycles. The van der Waals surface area contributed by atoms with Crippen LogP contribution in [0.25, 0.3) is 10.9 Å². The molecule has 3 aromatic rings. The average molecular weight is 460 g/mol. The van der Waals surface area contributed by atoms with Crippen molar-refractivity contribution in [3.05, 3.63) is 73.5 Å². The summed E-state index contributed by atoms with van der Waals surface area (Å²) in [6, 6.07) is 8.88. The molecule has 11 nitrogen and oxygen atoms in total. The number of halogens is 1. The molecule has 0 fully saturated rings. The number of amides is 1. The van der Waals surface area contributed by atoms with Crippen LogP contribution in [-0.4, -0.2) is 37.8 Å². The fourth-order valence-electron chi connectivity index (χ4n) is 2.84. The predicted molar refractivity (Wildman–Crippen MR) is 114 cm³/mol. The van der Waals surface area contributed by atoms with Crippen molar-refractivity contribution in [3.8, 4) is 0 Å². The summed E-state index contributed by atoms with van der Waals surface area (Å²) in [6.45, 7) is 2.83. The van der Waals surface area contributed by atoms with E-state index < -0.39 is 41.0 Å². The first-order valence-electron chi connectivity index (χ1n) is 9.43. The van der Waals surface area contributed by atoms with Gasteiger partial charge in [0.25, 0.3) is 17.2 Å². The van der Waals surface area contributed by atoms with Crippen molar-refractivity contribution in [1.29, 1.82) is 0 Å². The molecule has 0 unspecified atom stereocenters. The summed E-state index contributed by atoms with van der Waals surface area (Å²) in [6.07, 6.45) is 0. The number of ether oxygens (including phenoxy) is 1. The van der Waals surface area contributed by atoms with Gasteiger partial charge in [-0.2, -0.15) is 4.68 Å². The number of nitro groups is 1. The monoisotopic (exact) mass is 459 g/mol. The van der Waals surface area contributed by atoms with Crippen LogP contribution in [-0.2, 0) is 16.3 Å². The van der Waals surface area contributed by atoms with E-state index in [0.29, 0.717) is 10.9 Å². The molecule has 0 aliphatic heterocycles. The molecule has 1 amide bonds. The van der Waals surface area contributed by atoms with Crippen LogP contribution in [0.5, 0.6) is 0 Å². The summed E-state index contributed by atoms with van der Waals surface area (Å²) in [5.41, 5.74) is -0.563. The molecule has 0 bridgehead atoms. The molecule has 0 radical (unpaired) electrons. The van der Waals surface area contributed by atoms with Crippen LogP contribution < -0.4 is 10.9 Å². The molecule has 32 heavy (non-hydrogen) atoms. The van der Waals surface area contributed by atoms with Crippen LogP contribution in [0.15, 0.2) is 47.3 Å². The van der Waals surface area contributed by atoms with Crippen LogP contribution >= 0.6 is 11.6 Å². The topological polar surface area (TPSA) is 146 Å². The maximum absolute atomic E-state index is 12.6. The normalized spacial score (nSPS) is 11.9. The van der Waals surface area contributed by atoms with E-state index in [1.807, 2.05) is 0 Å². The van der Waals surface area contributed by atoms with E-state index in [4.69, 9.17) is 16.3 Å². The van der Waals surface area contributed by atoms with Gasteiger partial charge in [-0.05, 0) is 24.1 Å². The summed E-state index contributed by atoms with van der Waals surface area (Å²) < 4.78 is 6.06. The highest BCUT2D eigenvalue weighted by Crippen LogP contribution is 2.22. The van der Waals surface area contributed by atoms with E-state index in [0.717, 1.165) is 16.8 Å². The van der Waals surface area contributed by atoms with E-state index in [-0.39, 0.29) is 16.3 Å². The Hall–Kier alpha value is -3.86. The molecule has 166 valence electrons. The number of benzene rings is 2. The average Bonchev–Trinajstić information content (AvgIpc) is 2.76. The van der Waals surface area contributed by atoms with Crippen molar-refractivity contribution in [1.82, 2.24) is 20.3 Å². The zero-order valence-corrected chi connectivity index (χ0v) is 17.8. The third kappa shape index (κ3) is 4.89. The summed E-state index contributed by atoms with van der Waals surface area (Å²) in [7, 11) is 0. The van der Waals surface area contributed by atoms with Crippen molar-refractivity contribution >= 4 is 40.1 Å². The molecule has 0 aliphatic carbocycles. The van der Waals surface area contributed by atoms with E-state index in [9.17, 15) is 24.5 Å². The number of nitro benzene ring substituents is 1. The van der Waals surface area contributed by atoms with Gasteiger partial charge in [0, 0.05) is 12.1 Å². The Bertz CT molecular complexity index is 1260. The first kappa shape index (κ1) is 22.8. The molecule has 2 aromatic carbocycles. The highest BCUT2D eigenvalue weighted by molar-refractivity contribution is 6.34. The SMILES string of the molecule is CC(C)[C@H](NC(=O)c1cc([N+](=O)[O-])ccc1Cl)C(=O)OCn1nnc2ccccc2c1=O. The molecular weight excluding hydrogens is 442 g/mol. The van der Waals surface area contributed by atoms with Gasteiger partial charge in [-0.1, -0.05) is 42.8 Å². The van der Waals surface area contributed by atoms with Gasteiger partial charge in [-0.15, -0.1) is 5.10 Å². The standard InChI is InChI=1S/C20H18ClN5O6/c1-11(2)17(22-18(27)14-9-12(26(30)31)7-8-15(14)21)20(29)32-10-25-19(28)13-5-3-4-6-16(13)23-24-25/h3-9,11,17H,10H2,1-2H3,(H,22,27)/t17-/m0/s1. The van der Waals surface area contributed by atoms with E-state index in [1.165, 1.54) is 6.07 Å². The molecule has 1 N–H and O–H groups in total. The molecule has 12 heteroatoms. The van der Waals surface area contributed by atoms with Gasteiger partial charge in [0.15, 0.2) is 6.73 Å². The van der Waals surface area contributed by atoms with E-state index in [2.05, 4.69) is 15.6 Å². The van der Waals surface area contributed by atoms with Crippen molar-refractivity contribution in [3.63, 3.8) is 0 Å².